The molecule has 2 heteroatoms. The van der Waals surface area contributed by atoms with E-state index in [1.165, 1.54) is 0 Å². The van der Waals surface area contributed by atoms with Gasteiger partial charge in [-0.1, -0.05) is 6.08 Å². The topological polar surface area (TPSA) is 29.4 Å². The van der Waals surface area contributed by atoms with Crippen molar-refractivity contribution in [2.75, 3.05) is 0 Å². The van der Waals surface area contributed by atoms with E-state index < -0.39 is 0 Å². The van der Waals surface area contributed by atoms with Gasteiger partial charge in [-0.2, -0.15) is 0 Å². The Bertz CT molecular complexity index is 204. The molecule has 0 aromatic carbocycles. The van der Waals surface area contributed by atoms with Crippen molar-refractivity contribution < 1.29 is 4.79 Å². The molecule has 0 radical (unpaired) electrons. The predicted octanol–water partition coefficient (Wildman–Crippen LogP) is 2.39. The van der Waals surface area contributed by atoms with Crippen LogP contribution in [0.3, 0.4) is 0 Å². The summed E-state index contributed by atoms with van der Waals surface area (Å²) in [6.07, 6.45) is 4.34. The fourth-order valence-corrected chi connectivity index (χ4v) is 0.788. The van der Waals surface area contributed by atoms with Crippen LogP contribution in [0.25, 0.3) is 0 Å². The number of nitrogens with zero attached hydrogens (tertiary/aromatic N) is 1. The van der Waals surface area contributed by atoms with Crippen molar-refractivity contribution in [1.82, 2.24) is 0 Å². The quantitative estimate of drug-likeness (QED) is 0.591. The normalized spacial score (nSPS) is 15.2. The molecule has 2 nitrogen and oxygen atoms in total. The average molecular weight is 167 g/mol. The molecule has 1 atom stereocenters. The van der Waals surface area contributed by atoms with Gasteiger partial charge in [-0.05, 0) is 33.3 Å². The zero-order valence-electron chi connectivity index (χ0n) is 8.29. The van der Waals surface area contributed by atoms with Gasteiger partial charge in [0.2, 0.25) is 0 Å². The summed E-state index contributed by atoms with van der Waals surface area (Å²) in [6, 6.07) is 0.109. The molecule has 0 aliphatic carbocycles. The highest BCUT2D eigenvalue weighted by molar-refractivity contribution is 5.79. The summed E-state index contributed by atoms with van der Waals surface area (Å²) in [5, 5.41) is 0. The zero-order valence-corrected chi connectivity index (χ0v) is 8.29. The minimum absolute atomic E-state index is 0.109. The Morgan fingerprint density at radius 3 is 2.50 bits per heavy atom. The van der Waals surface area contributed by atoms with E-state index in [-0.39, 0.29) is 11.8 Å². The van der Waals surface area contributed by atoms with Gasteiger partial charge in [0.15, 0.2) is 0 Å². The Labute approximate surface area is 74.4 Å². The molecule has 0 aliphatic heterocycles. The molecule has 0 saturated carbocycles. The molecule has 0 N–H and O–H groups in total. The number of allylic oxidation sites excluding steroid dienone is 2. The minimum Gasteiger partial charge on any atom is -0.300 e. The second kappa shape index (κ2) is 5.70. The van der Waals surface area contributed by atoms with Gasteiger partial charge in [-0.25, -0.2) is 0 Å². The van der Waals surface area contributed by atoms with Gasteiger partial charge in [-0.3, -0.25) is 9.79 Å². The number of carbonyl (C=O) groups excluding carboxylic acids is 1. The van der Waals surface area contributed by atoms with E-state index in [1.54, 1.807) is 6.92 Å². The Morgan fingerprint density at radius 1 is 1.50 bits per heavy atom. The van der Waals surface area contributed by atoms with Gasteiger partial charge in [0.25, 0.3) is 0 Å². The van der Waals surface area contributed by atoms with Crippen molar-refractivity contribution in [2.24, 2.45) is 4.99 Å². The van der Waals surface area contributed by atoms with Gasteiger partial charge < -0.3 is 0 Å². The van der Waals surface area contributed by atoms with Crippen molar-refractivity contribution in [3.8, 4) is 0 Å². The SMILES string of the molecule is C/C=C(/C)C=NC(C)CC(C)=O. The molecule has 0 spiro atoms. The smallest absolute Gasteiger partial charge is 0.131 e. The van der Waals surface area contributed by atoms with Gasteiger partial charge in [0, 0.05) is 12.6 Å². The number of hydrogen-bond acceptors (Lipinski definition) is 2. The first-order chi connectivity index (χ1) is 5.56. The standard InChI is InChI=1S/C10H17NO/c1-5-8(2)7-11-9(3)6-10(4)12/h5,7,9H,6H2,1-4H3/b8-5-,11-7?. The van der Waals surface area contributed by atoms with Crippen molar-refractivity contribution in [3.63, 3.8) is 0 Å². The Balaban J connectivity index is 3.91. The van der Waals surface area contributed by atoms with Crippen molar-refractivity contribution in [2.45, 2.75) is 40.2 Å². The van der Waals surface area contributed by atoms with E-state index in [1.807, 2.05) is 33.1 Å². The van der Waals surface area contributed by atoms with E-state index in [0.717, 1.165) is 5.57 Å². The van der Waals surface area contributed by atoms with Gasteiger partial charge >= 0.3 is 0 Å². The molecule has 0 aromatic heterocycles. The lowest BCUT2D eigenvalue weighted by atomic mass is 10.2. The van der Waals surface area contributed by atoms with E-state index in [4.69, 9.17) is 0 Å². The van der Waals surface area contributed by atoms with Gasteiger partial charge in [0.05, 0.1) is 6.04 Å². The van der Waals surface area contributed by atoms with Crippen LogP contribution >= 0.6 is 0 Å². The number of hydrogen-bond donors (Lipinski definition) is 0. The lowest BCUT2D eigenvalue weighted by Gasteiger charge is -2.01. The summed E-state index contributed by atoms with van der Waals surface area (Å²) in [5.74, 6) is 0.192. The number of ketones is 1. The third kappa shape index (κ3) is 5.83. The third-order valence-corrected chi connectivity index (χ3v) is 1.57. The summed E-state index contributed by atoms with van der Waals surface area (Å²) >= 11 is 0. The summed E-state index contributed by atoms with van der Waals surface area (Å²) in [6.45, 7) is 7.50. The molecular weight excluding hydrogens is 150 g/mol. The lowest BCUT2D eigenvalue weighted by molar-refractivity contribution is -0.117. The second-order valence-corrected chi connectivity index (χ2v) is 3.07. The summed E-state index contributed by atoms with van der Waals surface area (Å²) in [5.41, 5.74) is 1.13. The molecule has 0 aromatic rings. The first-order valence-electron chi connectivity index (χ1n) is 4.21. The van der Waals surface area contributed by atoms with E-state index in [0.29, 0.717) is 6.42 Å². The van der Waals surface area contributed by atoms with Crippen LogP contribution < -0.4 is 0 Å². The Hall–Kier alpha value is -0.920. The average Bonchev–Trinajstić information content (AvgIpc) is 1.99. The molecule has 1 unspecified atom stereocenters. The van der Waals surface area contributed by atoms with Crippen molar-refractivity contribution in [3.05, 3.63) is 11.6 Å². The number of carbonyl (C=O) groups is 1. The summed E-state index contributed by atoms with van der Waals surface area (Å²) in [7, 11) is 0. The number of rotatable bonds is 4. The summed E-state index contributed by atoms with van der Waals surface area (Å²) in [4.78, 5) is 14.9. The molecular formula is C10H17NO. The monoisotopic (exact) mass is 167 g/mol. The molecule has 12 heavy (non-hydrogen) atoms. The zero-order chi connectivity index (χ0) is 9.56. The maximum Gasteiger partial charge on any atom is 0.131 e. The molecule has 0 fully saturated rings. The van der Waals surface area contributed by atoms with Crippen LogP contribution in [0.1, 0.15) is 34.1 Å². The van der Waals surface area contributed by atoms with Crippen LogP contribution in [0.15, 0.2) is 16.6 Å². The lowest BCUT2D eigenvalue weighted by Crippen LogP contribution is -2.04. The highest BCUT2D eigenvalue weighted by Gasteiger charge is 2.00. The fraction of sp³-hybridized carbons (Fsp3) is 0.600. The van der Waals surface area contributed by atoms with Crippen LogP contribution in [-0.2, 0) is 4.79 Å². The maximum atomic E-state index is 10.7. The van der Waals surface area contributed by atoms with Crippen molar-refractivity contribution >= 4 is 12.0 Å². The largest absolute Gasteiger partial charge is 0.300 e. The third-order valence-electron chi connectivity index (χ3n) is 1.57. The molecule has 0 rings (SSSR count). The minimum atomic E-state index is 0.109. The molecule has 68 valence electrons. The highest BCUT2D eigenvalue weighted by atomic mass is 16.1. The Kier molecular flexibility index (Phi) is 5.26. The Morgan fingerprint density at radius 2 is 2.08 bits per heavy atom. The maximum absolute atomic E-state index is 10.7. The number of Topliss-reactive ketones (excluding diaryl/α,β-unsaturated/α-hetero) is 1. The number of aliphatic imine (C=N–C) groups is 1. The van der Waals surface area contributed by atoms with Crippen LogP contribution in [0, 0.1) is 0 Å². The van der Waals surface area contributed by atoms with Gasteiger partial charge in [-0.15, -0.1) is 0 Å². The summed E-state index contributed by atoms with van der Waals surface area (Å²) < 4.78 is 0. The molecule has 0 bridgehead atoms. The van der Waals surface area contributed by atoms with E-state index in [2.05, 4.69) is 4.99 Å². The fourth-order valence-electron chi connectivity index (χ4n) is 0.788. The second-order valence-electron chi connectivity index (χ2n) is 3.07. The highest BCUT2D eigenvalue weighted by Crippen LogP contribution is 1.98. The first-order valence-corrected chi connectivity index (χ1v) is 4.21. The van der Waals surface area contributed by atoms with Crippen LogP contribution in [-0.4, -0.2) is 18.0 Å². The molecule has 0 aliphatic rings. The molecule has 0 heterocycles. The first kappa shape index (κ1) is 11.1. The van der Waals surface area contributed by atoms with Gasteiger partial charge in [0.1, 0.15) is 5.78 Å². The van der Waals surface area contributed by atoms with Crippen LogP contribution in [0.4, 0.5) is 0 Å². The van der Waals surface area contributed by atoms with E-state index >= 15 is 0 Å². The predicted molar refractivity (Wildman–Crippen MR) is 52.7 cm³/mol. The van der Waals surface area contributed by atoms with Crippen LogP contribution in [0.5, 0.6) is 0 Å². The van der Waals surface area contributed by atoms with Crippen LogP contribution in [0.2, 0.25) is 0 Å². The molecule has 0 amide bonds. The van der Waals surface area contributed by atoms with E-state index in [9.17, 15) is 4.79 Å². The molecule has 0 saturated heterocycles. The van der Waals surface area contributed by atoms with Crippen molar-refractivity contribution in [1.29, 1.82) is 0 Å².